The van der Waals surface area contributed by atoms with Crippen molar-refractivity contribution in [1.29, 1.82) is 0 Å². The number of pyridine rings is 1. The Morgan fingerprint density at radius 2 is 1.82 bits per heavy atom. The molecule has 0 radical (unpaired) electrons. The van der Waals surface area contributed by atoms with Gasteiger partial charge in [-0.25, -0.2) is 0 Å². The van der Waals surface area contributed by atoms with Crippen LogP contribution in [0.25, 0.3) is 0 Å². The second-order valence-electron chi connectivity index (χ2n) is 9.56. The number of carbonyl (C=O) groups is 1. The van der Waals surface area contributed by atoms with Crippen molar-refractivity contribution in [2.24, 2.45) is 5.92 Å². The van der Waals surface area contributed by atoms with E-state index in [1.807, 2.05) is 30.5 Å². The van der Waals surface area contributed by atoms with Crippen LogP contribution in [-0.4, -0.2) is 39.3 Å². The monoisotopic (exact) mass is 439 g/mol. The highest BCUT2D eigenvalue weighted by atomic mass is 16.5. The molecule has 6 rings (SSSR count). The zero-order chi connectivity index (χ0) is 22.3. The second kappa shape index (κ2) is 8.31. The molecule has 0 N–H and O–H groups in total. The largest absolute Gasteiger partial charge is 0.489 e. The molecule has 2 aromatic carbocycles. The van der Waals surface area contributed by atoms with Crippen LogP contribution in [0.4, 0.5) is 0 Å². The average Bonchev–Trinajstić information content (AvgIpc) is 3.50. The summed E-state index contributed by atoms with van der Waals surface area (Å²) in [4.78, 5) is 22.5. The highest BCUT2D eigenvalue weighted by Gasteiger charge is 2.65. The minimum Gasteiger partial charge on any atom is -0.489 e. The van der Waals surface area contributed by atoms with Crippen LogP contribution >= 0.6 is 0 Å². The summed E-state index contributed by atoms with van der Waals surface area (Å²) >= 11 is 0. The molecule has 5 heteroatoms. The maximum Gasteiger partial charge on any atom is 0.243 e. The van der Waals surface area contributed by atoms with Crippen molar-refractivity contribution in [2.75, 3.05) is 13.1 Å². The van der Waals surface area contributed by atoms with Gasteiger partial charge in [0.25, 0.3) is 0 Å². The van der Waals surface area contributed by atoms with E-state index in [1.165, 1.54) is 11.1 Å². The third-order valence-corrected chi connectivity index (χ3v) is 7.74. The summed E-state index contributed by atoms with van der Waals surface area (Å²) in [5, 5.41) is 0. The normalized spacial score (nSPS) is 26.4. The molecule has 1 amide bonds. The SMILES string of the molecule is O=C1N(Cc2cccnc2)C[C@@H]2C[C@@H](c3ccc(OCc4ccccc4)cc3)N3CCC[C@@]123. The van der Waals surface area contributed by atoms with E-state index in [4.69, 9.17) is 4.74 Å². The molecule has 3 aromatic rings. The molecule has 4 heterocycles. The van der Waals surface area contributed by atoms with Gasteiger partial charge in [-0.05, 0) is 60.7 Å². The first kappa shape index (κ1) is 20.4. The van der Waals surface area contributed by atoms with Gasteiger partial charge in [-0.1, -0.05) is 48.5 Å². The summed E-state index contributed by atoms with van der Waals surface area (Å²) in [6, 6.07) is 23.1. The first-order chi connectivity index (χ1) is 16.2. The van der Waals surface area contributed by atoms with Gasteiger partial charge in [0.2, 0.25) is 5.91 Å². The standard InChI is InChI=1S/C28H29N3O2/c32-27-28-13-5-15-31(28)26(16-24(28)19-30(27)18-22-8-4-14-29-17-22)23-9-11-25(12-10-23)33-20-21-6-2-1-3-7-21/h1-4,6-12,14,17,24,26H,5,13,15-16,18-20H2/t24-,26-,28-/m0/s1. The molecule has 3 saturated heterocycles. The van der Waals surface area contributed by atoms with Crippen LogP contribution in [0.5, 0.6) is 5.75 Å². The van der Waals surface area contributed by atoms with E-state index in [2.05, 4.69) is 57.2 Å². The summed E-state index contributed by atoms with van der Waals surface area (Å²) in [6.07, 6.45) is 6.77. The fourth-order valence-corrected chi connectivity index (χ4v) is 6.27. The van der Waals surface area contributed by atoms with Crippen molar-refractivity contribution < 1.29 is 9.53 Å². The van der Waals surface area contributed by atoms with Crippen LogP contribution in [0, 0.1) is 5.92 Å². The van der Waals surface area contributed by atoms with E-state index < -0.39 is 0 Å². The zero-order valence-electron chi connectivity index (χ0n) is 18.8. The minimum atomic E-state index is -0.310. The number of nitrogens with zero attached hydrogens (tertiary/aromatic N) is 3. The Labute approximate surface area is 195 Å². The fourth-order valence-electron chi connectivity index (χ4n) is 6.27. The lowest BCUT2D eigenvalue weighted by molar-refractivity contribution is -0.137. The van der Waals surface area contributed by atoms with E-state index in [0.29, 0.717) is 31.0 Å². The van der Waals surface area contributed by atoms with Gasteiger partial charge in [0.05, 0.1) is 0 Å². The highest BCUT2D eigenvalue weighted by molar-refractivity contribution is 5.90. The molecule has 1 aromatic heterocycles. The molecule has 33 heavy (non-hydrogen) atoms. The van der Waals surface area contributed by atoms with Gasteiger partial charge < -0.3 is 9.64 Å². The first-order valence-corrected chi connectivity index (χ1v) is 12.0. The molecular weight excluding hydrogens is 410 g/mol. The lowest BCUT2D eigenvalue weighted by Crippen LogP contribution is -2.49. The average molecular weight is 440 g/mol. The Bertz CT molecular complexity index is 1120. The van der Waals surface area contributed by atoms with Crippen LogP contribution in [-0.2, 0) is 17.9 Å². The number of amides is 1. The molecule has 3 aliphatic heterocycles. The van der Waals surface area contributed by atoms with Crippen molar-refractivity contribution in [3.05, 3.63) is 95.8 Å². The number of benzene rings is 2. The van der Waals surface area contributed by atoms with Crippen LogP contribution in [0.3, 0.4) is 0 Å². The van der Waals surface area contributed by atoms with Crippen LogP contribution in [0.15, 0.2) is 79.1 Å². The molecule has 3 aliphatic rings. The lowest BCUT2D eigenvalue weighted by atomic mass is 9.85. The van der Waals surface area contributed by atoms with Gasteiger partial charge in [-0.15, -0.1) is 0 Å². The van der Waals surface area contributed by atoms with Gasteiger partial charge in [0.15, 0.2) is 0 Å². The smallest absolute Gasteiger partial charge is 0.243 e. The predicted octanol–water partition coefficient (Wildman–Crippen LogP) is 4.60. The second-order valence-corrected chi connectivity index (χ2v) is 9.56. The van der Waals surface area contributed by atoms with E-state index in [9.17, 15) is 4.79 Å². The number of hydrogen-bond acceptors (Lipinski definition) is 4. The van der Waals surface area contributed by atoms with Gasteiger partial charge in [-0.3, -0.25) is 14.7 Å². The Kier molecular flexibility index (Phi) is 5.14. The maximum absolute atomic E-state index is 13.7. The number of ether oxygens (including phenoxy) is 1. The van der Waals surface area contributed by atoms with Gasteiger partial charge in [0, 0.05) is 37.4 Å². The van der Waals surface area contributed by atoms with Crippen molar-refractivity contribution in [3.63, 3.8) is 0 Å². The first-order valence-electron chi connectivity index (χ1n) is 12.0. The number of carbonyl (C=O) groups excluding carboxylic acids is 1. The third-order valence-electron chi connectivity index (χ3n) is 7.74. The van der Waals surface area contributed by atoms with Gasteiger partial charge in [-0.2, -0.15) is 0 Å². The quantitative estimate of drug-likeness (QED) is 0.563. The zero-order valence-corrected chi connectivity index (χ0v) is 18.8. The molecule has 168 valence electrons. The number of aromatic nitrogens is 1. The fraction of sp³-hybridized carbons (Fsp3) is 0.357. The van der Waals surface area contributed by atoms with E-state index in [-0.39, 0.29) is 5.54 Å². The number of likely N-dealkylation sites (tertiary alicyclic amines) is 1. The van der Waals surface area contributed by atoms with E-state index >= 15 is 0 Å². The van der Waals surface area contributed by atoms with Gasteiger partial charge >= 0.3 is 0 Å². The number of rotatable bonds is 6. The maximum atomic E-state index is 13.7. The van der Waals surface area contributed by atoms with Crippen molar-refractivity contribution >= 4 is 5.91 Å². The molecule has 3 fully saturated rings. The molecule has 5 nitrogen and oxygen atoms in total. The van der Waals surface area contributed by atoms with Gasteiger partial charge in [0.1, 0.15) is 17.9 Å². The highest BCUT2D eigenvalue weighted by Crippen LogP contribution is 2.56. The summed E-state index contributed by atoms with van der Waals surface area (Å²) < 4.78 is 5.98. The third kappa shape index (κ3) is 3.51. The van der Waals surface area contributed by atoms with Crippen molar-refractivity contribution in [1.82, 2.24) is 14.8 Å². The predicted molar refractivity (Wildman–Crippen MR) is 126 cm³/mol. The van der Waals surface area contributed by atoms with Crippen molar-refractivity contribution in [2.45, 2.75) is 44.0 Å². The van der Waals surface area contributed by atoms with E-state index in [1.54, 1.807) is 6.20 Å². The van der Waals surface area contributed by atoms with E-state index in [0.717, 1.165) is 43.7 Å². The summed E-state index contributed by atoms with van der Waals surface area (Å²) in [6.45, 7) is 3.08. The Hall–Kier alpha value is -3.18. The Morgan fingerprint density at radius 3 is 2.61 bits per heavy atom. The summed E-state index contributed by atoms with van der Waals surface area (Å²) in [7, 11) is 0. The van der Waals surface area contributed by atoms with Crippen LogP contribution in [0.2, 0.25) is 0 Å². The Balaban J connectivity index is 1.17. The molecule has 0 unspecified atom stereocenters. The summed E-state index contributed by atoms with van der Waals surface area (Å²) in [5.74, 6) is 1.60. The topological polar surface area (TPSA) is 45.7 Å². The lowest BCUT2D eigenvalue weighted by Gasteiger charge is -2.33. The van der Waals surface area contributed by atoms with Crippen molar-refractivity contribution in [3.8, 4) is 5.75 Å². The summed E-state index contributed by atoms with van der Waals surface area (Å²) in [5.41, 5.74) is 3.26. The molecule has 1 spiro atoms. The molecular formula is C28H29N3O2. The number of hydrogen-bond donors (Lipinski definition) is 0. The molecule has 3 atom stereocenters. The van der Waals surface area contributed by atoms with Crippen LogP contribution < -0.4 is 4.74 Å². The van der Waals surface area contributed by atoms with Crippen LogP contribution in [0.1, 0.15) is 42.0 Å². The Morgan fingerprint density at radius 1 is 1.00 bits per heavy atom. The molecule has 0 aliphatic carbocycles. The molecule has 0 saturated carbocycles. The minimum absolute atomic E-state index is 0.310. The molecule has 0 bridgehead atoms.